The highest BCUT2D eigenvalue weighted by atomic mass is 16.5. The molecule has 1 aliphatic heterocycles. The number of carbonyl (C=O) groups is 5. The van der Waals surface area contributed by atoms with Crippen molar-refractivity contribution in [2.45, 2.75) is 38.6 Å². The van der Waals surface area contributed by atoms with Crippen molar-refractivity contribution in [3.8, 4) is 0 Å². The average molecular weight is 389 g/mol. The van der Waals surface area contributed by atoms with Gasteiger partial charge in [0.05, 0.1) is 11.8 Å². The molecule has 1 aliphatic carbocycles. The first kappa shape index (κ1) is 19.8. The number of imide groups is 2. The minimum atomic E-state index is -1.11. The SMILES string of the molecule is C[C@@H](C(=O)OCC(=O)NC(=O)c1cccn1C)N1C(=O)[C@H]2CCCC[C@@H]2C1=O. The van der Waals surface area contributed by atoms with Crippen LogP contribution in [0.25, 0.3) is 0 Å². The minimum absolute atomic E-state index is 0.281. The topological polar surface area (TPSA) is 115 Å². The molecule has 0 unspecified atom stereocenters. The zero-order valence-corrected chi connectivity index (χ0v) is 15.8. The lowest BCUT2D eigenvalue weighted by molar-refractivity contribution is -0.159. The summed E-state index contributed by atoms with van der Waals surface area (Å²) in [5, 5.41) is 2.12. The number of aromatic nitrogens is 1. The van der Waals surface area contributed by atoms with Gasteiger partial charge in [-0.15, -0.1) is 0 Å². The van der Waals surface area contributed by atoms with Crippen LogP contribution in [0.1, 0.15) is 43.1 Å². The summed E-state index contributed by atoms with van der Waals surface area (Å²) >= 11 is 0. The van der Waals surface area contributed by atoms with Gasteiger partial charge in [0, 0.05) is 13.2 Å². The second-order valence-electron chi connectivity index (χ2n) is 7.21. The maximum Gasteiger partial charge on any atom is 0.329 e. The quantitative estimate of drug-likeness (QED) is 0.575. The Balaban J connectivity index is 1.53. The first-order chi connectivity index (χ1) is 13.3. The molecule has 4 amide bonds. The van der Waals surface area contributed by atoms with Gasteiger partial charge in [-0.1, -0.05) is 12.8 Å². The Morgan fingerprint density at radius 1 is 1.18 bits per heavy atom. The zero-order valence-electron chi connectivity index (χ0n) is 15.8. The molecule has 1 aromatic heterocycles. The van der Waals surface area contributed by atoms with Crippen molar-refractivity contribution in [3.63, 3.8) is 0 Å². The molecule has 2 aliphatic rings. The number of aryl methyl sites for hydroxylation is 1. The second-order valence-corrected chi connectivity index (χ2v) is 7.21. The maximum atomic E-state index is 12.5. The van der Waals surface area contributed by atoms with Gasteiger partial charge in [0.2, 0.25) is 11.8 Å². The number of esters is 1. The van der Waals surface area contributed by atoms with E-state index in [1.165, 1.54) is 6.92 Å². The predicted octanol–water partition coefficient (Wildman–Crippen LogP) is 0.388. The number of nitrogens with one attached hydrogen (secondary N) is 1. The fourth-order valence-corrected chi connectivity index (χ4v) is 3.86. The summed E-state index contributed by atoms with van der Waals surface area (Å²) in [7, 11) is 1.66. The summed E-state index contributed by atoms with van der Waals surface area (Å²) in [5.74, 6) is -3.67. The molecular formula is C19H23N3O6. The summed E-state index contributed by atoms with van der Waals surface area (Å²) in [6.45, 7) is 0.727. The lowest BCUT2D eigenvalue weighted by Gasteiger charge is -2.21. The van der Waals surface area contributed by atoms with E-state index >= 15 is 0 Å². The van der Waals surface area contributed by atoms with Crippen LogP contribution in [-0.2, 0) is 31.0 Å². The molecule has 9 heteroatoms. The largest absolute Gasteiger partial charge is 0.454 e. The number of amides is 4. The van der Waals surface area contributed by atoms with Gasteiger partial charge in [0.15, 0.2) is 6.61 Å². The number of nitrogens with zero attached hydrogens (tertiary/aromatic N) is 2. The molecule has 3 rings (SSSR count). The van der Waals surface area contributed by atoms with Gasteiger partial charge in [-0.05, 0) is 31.9 Å². The standard InChI is InChI=1S/C19H23N3O6/c1-11(22-17(25)12-6-3-4-7-13(12)18(22)26)19(27)28-10-15(23)20-16(24)14-8-5-9-21(14)2/h5,8-9,11-13H,3-4,6-7,10H2,1-2H3,(H,20,23,24)/t11-,12-,13-/m0/s1. The van der Waals surface area contributed by atoms with E-state index in [9.17, 15) is 24.0 Å². The van der Waals surface area contributed by atoms with Crippen LogP contribution in [0.4, 0.5) is 0 Å². The van der Waals surface area contributed by atoms with Gasteiger partial charge < -0.3 is 9.30 Å². The number of hydrogen-bond donors (Lipinski definition) is 1. The van der Waals surface area contributed by atoms with Crippen molar-refractivity contribution in [2.24, 2.45) is 18.9 Å². The van der Waals surface area contributed by atoms with Crippen LogP contribution in [-0.4, -0.2) is 51.7 Å². The summed E-state index contributed by atoms with van der Waals surface area (Å²) in [4.78, 5) is 62.1. The first-order valence-electron chi connectivity index (χ1n) is 9.30. The molecule has 1 aromatic rings. The van der Waals surface area contributed by atoms with Gasteiger partial charge in [-0.25, -0.2) is 4.79 Å². The number of fused-ring (bicyclic) bond motifs is 1. The molecule has 150 valence electrons. The smallest absolute Gasteiger partial charge is 0.329 e. The van der Waals surface area contributed by atoms with E-state index in [2.05, 4.69) is 5.32 Å². The fraction of sp³-hybridized carbons (Fsp3) is 0.526. The Morgan fingerprint density at radius 2 is 1.79 bits per heavy atom. The predicted molar refractivity (Wildman–Crippen MR) is 95.6 cm³/mol. The van der Waals surface area contributed by atoms with Gasteiger partial charge in [0.25, 0.3) is 11.8 Å². The lowest BCUT2D eigenvalue weighted by atomic mass is 9.81. The van der Waals surface area contributed by atoms with Crippen LogP contribution in [0.2, 0.25) is 0 Å². The van der Waals surface area contributed by atoms with Crippen molar-refractivity contribution >= 4 is 29.6 Å². The third kappa shape index (κ3) is 3.69. The second kappa shape index (κ2) is 7.95. The molecule has 9 nitrogen and oxygen atoms in total. The number of rotatable bonds is 5. The molecule has 3 atom stereocenters. The van der Waals surface area contributed by atoms with E-state index in [0.717, 1.165) is 17.7 Å². The van der Waals surface area contributed by atoms with Crippen molar-refractivity contribution in [1.82, 2.24) is 14.8 Å². The molecular weight excluding hydrogens is 366 g/mol. The molecule has 28 heavy (non-hydrogen) atoms. The molecule has 1 saturated heterocycles. The molecule has 0 radical (unpaired) electrons. The summed E-state index contributed by atoms with van der Waals surface area (Å²) in [6, 6.07) is 2.09. The molecule has 0 bridgehead atoms. The van der Waals surface area contributed by atoms with Gasteiger partial charge in [-0.3, -0.25) is 29.4 Å². The van der Waals surface area contributed by atoms with Crippen LogP contribution in [0.15, 0.2) is 18.3 Å². The van der Waals surface area contributed by atoms with E-state index in [1.807, 2.05) is 0 Å². The molecule has 0 spiro atoms. The molecule has 1 saturated carbocycles. The summed E-state index contributed by atoms with van der Waals surface area (Å²) in [6.07, 6.45) is 4.74. The third-order valence-corrected chi connectivity index (χ3v) is 5.38. The zero-order chi connectivity index (χ0) is 20.4. The van der Waals surface area contributed by atoms with Gasteiger partial charge in [0.1, 0.15) is 11.7 Å². The highest BCUT2D eigenvalue weighted by molar-refractivity contribution is 6.08. The monoisotopic (exact) mass is 389 g/mol. The Morgan fingerprint density at radius 3 is 2.32 bits per heavy atom. The Kier molecular flexibility index (Phi) is 5.62. The average Bonchev–Trinajstić information content (AvgIpc) is 3.21. The van der Waals surface area contributed by atoms with Crippen LogP contribution >= 0.6 is 0 Å². The highest BCUT2D eigenvalue weighted by Gasteiger charge is 2.51. The van der Waals surface area contributed by atoms with Gasteiger partial charge in [-0.2, -0.15) is 0 Å². The van der Waals surface area contributed by atoms with E-state index in [1.54, 1.807) is 29.9 Å². The maximum absolute atomic E-state index is 12.5. The van der Waals surface area contributed by atoms with Crippen molar-refractivity contribution in [2.75, 3.05) is 6.61 Å². The molecule has 2 fully saturated rings. The molecule has 1 N–H and O–H groups in total. The van der Waals surface area contributed by atoms with E-state index in [0.29, 0.717) is 12.8 Å². The molecule has 0 aromatic carbocycles. The Bertz CT molecular complexity index is 805. The Hall–Kier alpha value is -2.97. The van der Waals surface area contributed by atoms with E-state index in [4.69, 9.17) is 4.74 Å². The number of hydrogen-bond acceptors (Lipinski definition) is 6. The van der Waals surface area contributed by atoms with Crippen LogP contribution in [0.3, 0.4) is 0 Å². The van der Waals surface area contributed by atoms with Gasteiger partial charge >= 0.3 is 5.97 Å². The first-order valence-corrected chi connectivity index (χ1v) is 9.30. The highest BCUT2D eigenvalue weighted by Crippen LogP contribution is 2.38. The third-order valence-electron chi connectivity index (χ3n) is 5.38. The minimum Gasteiger partial charge on any atom is -0.454 e. The van der Waals surface area contributed by atoms with E-state index in [-0.39, 0.29) is 29.3 Å². The number of carbonyl (C=O) groups excluding carboxylic acids is 5. The number of likely N-dealkylation sites (tertiary alicyclic amines) is 1. The normalized spacial score (nSPS) is 22.6. The van der Waals surface area contributed by atoms with Crippen molar-refractivity contribution < 1.29 is 28.7 Å². The van der Waals surface area contributed by atoms with Crippen LogP contribution < -0.4 is 5.32 Å². The fourth-order valence-electron chi connectivity index (χ4n) is 3.86. The van der Waals surface area contributed by atoms with E-state index < -0.39 is 30.4 Å². The van der Waals surface area contributed by atoms with Crippen molar-refractivity contribution in [3.05, 3.63) is 24.0 Å². The lowest BCUT2D eigenvalue weighted by Crippen LogP contribution is -2.45. The van der Waals surface area contributed by atoms with Crippen LogP contribution in [0, 0.1) is 11.8 Å². The summed E-state index contributed by atoms with van der Waals surface area (Å²) < 4.78 is 6.46. The molecule has 2 heterocycles. The van der Waals surface area contributed by atoms with Crippen molar-refractivity contribution in [1.29, 1.82) is 0 Å². The van der Waals surface area contributed by atoms with Crippen LogP contribution in [0.5, 0.6) is 0 Å². The summed E-state index contributed by atoms with van der Waals surface area (Å²) in [5.41, 5.74) is 0.281. The number of ether oxygens (including phenoxy) is 1. The Labute approximate surface area is 162 Å².